The lowest BCUT2D eigenvalue weighted by atomic mass is 10.3. The Morgan fingerprint density at radius 3 is 2.68 bits per heavy atom. The molecule has 0 radical (unpaired) electrons. The first kappa shape index (κ1) is 15.7. The van der Waals surface area contributed by atoms with Gasteiger partial charge in [0.1, 0.15) is 10.6 Å². The summed E-state index contributed by atoms with van der Waals surface area (Å²) < 4.78 is 29.0. The molecule has 1 aromatic heterocycles. The molecule has 0 bridgehead atoms. The van der Waals surface area contributed by atoms with Crippen LogP contribution in [-0.2, 0) is 21.8 Å². The summed E-state index contributed by atoms with van der Waals surface area (Å²) in [6.07, 6.45) is 1.30. The molecule has 0 saturated carbocycles. The van der Waals surface area contributed by atoms with Gasteiger partial charge in [0.15, 0.2) is 0 Å². The molecule has 0 aliphatic rings. The summed E-state index contributed by atoms with van der Waals surface area (Å²) >= 11 is 0. The highest BCUT2D eigenvalue weighted by Crippen LogP contribution is 2.11. The number of hydrogen-bond acceptors (Lipinski definition) is 4. The normalized spacial score (nSPS) is 13.3. The Labute approximate surface area is 112 Å². The van der Waals surface area contributed by atoms with E-state index in [0.29, 0.717) is 13.2 Å². The summed E-state index contributed by atoms with van der Waals surface area (Å²) in [5, 5.41) is 7.73. The second-order valence-corrected chi connectivity index (χ2v) is 5.81. The zero-order valence-electron chi connectivity index (χ0n) is 11.2. The molecule has 1 rings (SSSR count). The molecule has 1 heterocycles. The van der Waals surface area contributed by atoms with Crippen molar-refractivity contribution in [1.29, 1.82) is 0 Å². The number of carbonyl (C=O) groups excluding carboxylic acids is 1. The molecule has 8 heteroatoms. The Hall–Kier alpha value is -1.38. The van der Waals surface area contributed by atoms with Gasteiger partial charge in [-0.05, 0) is 19.9 Å². The highest BCUT2D eigenvalue weighted by atomic mass is 32.2. The lowest BCUT2D eigenvalue weighted by Crippen LogP contribution is -2.36. The van der Waals surface area contributed by atoms with Gasteiger partial charge in [-0.25, -0.2) is 13.6 Å². The molecule has 7 nitrogen and oxygen atoms in total. The van der Waals surface area contributed by atoms with Gasteiger partial charge in [0, 0.05) is 25.9 Å². The number of sulfonamides is 1. The van der Waals surface area contributed by atoms with Gasteiger partial charge >= 0.3 is 0 Å². The van der Waals surface area contributed by atoms with Crippen molar-refractivity contribution in [3.8, 4) is 0 Å². The average molecular weight is 289 g/mol. The molecular formula is C11H19N3O4S. The molecule has 19 heavy (non-hydrogen) atoms. The summed E-state index contributed by atoms with van der Waals surface area (Å²) in [6, 6.07) is 1.08. The van der Waals surface area contributed by atoms with Crippen LogP contribution in [0.15, 0.2) is 17.2 Å². The van der Waals surface area contributed by atoms with Gasteiger partial charge in [-0.3, -0.25) is 4.79 Å². The van der Waals surface area contributed by atoms with Crippen molar-refractivity contribution in [2.24, 2.45) is 12.2 Å². The molecule has 0 fully saturated rings. The maximum atomic E-state index is 12.0. The Bertz CT molecular complexity index is 550. The van der Waals surface area contributed by atoms with E-state index in [9.17, 15) is 13.2 Å². The first-order valence-electron chi connectivity index (χ1n) is 5.83. The Kier molecular flexibility index (Phi) is 5.10. The van der Waals surface area contributed by atoms with E-state index in [1.54, 1.807) is 14.0 Å². The summed E-state index contributed by atoms with van der Waals surface area (Å²) in [6.45, 7) is 4.63. The van der Waals surface area contributed by atoms with Crippen LogP contribution in [0, 0.1) is 0 Å². The van der Waals surface area contributed by atoms with Crippen LogP contribution in [0.1, 0.15) is 24.3 Å². The van der Waals surface area contributed by atoms with Gasteiger partial charge in [-0.1, -0.05) is 0 Å². The second-order valence-electron chi connectivity index (χ2n) is 4.25. The zero-order chi connectivity index (χ0) is 14.6. The fourth-order valence-electron chi connectivity index (χ4n) is 1.55. The van der Waals surface area contributed by atoms with Gasteiger partial charge in [0.05, 0.1) is 6.61 Å². The van der Waals surface area contributed by atoms with Crippen LogP contribution in [0.4, 0.5) is 0 Å². The number of nitrogens with zero attached hydrogens (tertiary/aromatic N) is 1. The van der Waals surface area contributed by atoms with E-state index in [1.165, 1.54) is 16.8 Å². The van der Waals surface area contributed by atoms with Gasteiger partial charge in [0.25, 0.3) is 5.91 Å². The summed E-state index contributed by atoms with van der Waals surface area (Å²) in [7, 11) is -2.23. The number of rotatable bonds is 6. The molecule has 0 saturated heterocycles. The maximum Gasteiger partial charge on any atom is 0.268 e. The minimum atomic E-state index is -3.81. The third-order valence-electron chi connectivity index (χ3n) is 2.49. The van der Waals surface area contributed by atoms with E-state index in [4.69, 9.17) is 9.88 Å². The van der Waals surface area contributed by atoms with Crippen molar-refractivity contribution in [2.45, 2.75) is 24.8 Å². The van der Waals surface area contributed by atoms with Crippen LogP contribution < -0.4 is 10.5 Å². The molecule has 1 unspecified atom stereocenters. The quantitative estimate of drug-likeness (QED) is 0.758. The summed E-state index contributed by atoms with van der Waals surface area (Å²) in [4.78, 5) is 11.9. The van der Waals surface area contributed by atoms with Crippen molar-refractivity contribution >= 4 is 15.9 Å². The largest absolute Gasteiger partial charge is 0.380 e. The lowest BCUT2D eigenvalue weighted by Gasteiger charge is -2.13. The first-order chi connectivity index (χ1) is 8.75. The molecule has 3 N–H and O–H groups in total. The first-order valence-corrected chi connectivity index (χ1v) is 7.38. The minimum absolute atomic E-state index is 0.0855. The molecule has 1 amide bonds. The third-order valence-corrected chi connectivity index (χ3v) is 3.37. The third kappa shape index (κ3) is 4.34. The molecule has 0 aromatic carbocycles. The number of primary sulfonamides is 1. The van der Waals surface area contributed by atoms with Crippen LogP contribution in [0.2, 0.25) is 0 Å². The van der Waals surface area contributed by atoms with Crippen molar-refractivity contribution < 1.29 is 17.9 Å². The van der Waals surface area contributed by atoms with Crippen LogP contribution in [0.25, 0.3) is 0 Å². The predicted octanol–water partition coefficient (Wildman–Crippen LogP) is -0.173. The van der Waals surface area contributed by atoms with E-state index >= 15 is 0 Å². The standard InChI is InChI=1S/C11H19N3O4S/c1-4-18-7-8(2)13-11(15)10-5-9(6-14(10)3)19(12,16)17/h5-6,8H,4,7H2,1-3H3,(H,13,15)(H2,12,16,17). The van der Waals surface area contributed by atoms with Gasteiger partial charge in [0.2, 0.25) is 10.0 Å². The second kappa shape index (κ2) is 6.18. The number of carbonyl (C=O) groups is 1. The SMILES string of the molecule is CCOCC(C)NC(=O)c1cc(S(N)(=O)=O)cn1C. The van der Waals surface area contributed by atoms with Crippen LogP contribution in [-0.4, -0.2) is 38.1 Å². The van der Waals surface area contributed by atoms with Gasteiger partial charge in [-0.15, -0.1) is 0 Å². The number of nitrogens with two attached hydrogens (primary N) is 1. The Morgan fingerprint density at radius 2 is 2.21 bits per heavy atom. The number of ether oxygens (including phenoxy) is 1. The number of nitrogens with one attached hydrogen (secondary N) is 1. The van der Waals surface area contributed by atoms with E-state index in [1.807, 2.05) is 6.92 Å². The Balaban J connectivity index is 2.81. The monoisotopic (exact) mass is 289 g/mol. The topological polar surface area (TPSA) is 103 Å². The van der Waals surface area contributed by atoms with Gasteiger partial charge < -0.3 is 14.6 Å². The van der Waals surface area contributed by atoms with Gasteiger partial charge in [-0.2, -0.15) is 0 Å². The number of amides is 1. The predicted molar refractivity (Wildman–Crippen MR) is 70.2 cm³/mol. The molecule has 0 spiro atoms. The summed E-state index contributed by atoms with van der Waals surface area (Å²) in [5.74, 6) is -0.371. The van der Waals surface area contributed by atoms with Crippen molar-refractivity contribution in [1.82, 2.24) is 9.88 Å². The average Bonchev–Trinajstić information content (AvgIpc) is 2.68. The van der Waals surface area contributed by atoms with Crippen LogP contribution in [0.5, 0.6) is 0 Å². The fraction of sp³-hybridized carbons (Fsp3) is 0.545. The molecule has 108 valence electrons. The maximum absolute atomic E-state index is 12.0. The Morgan fingerprint density at radius 1 is 1.58 bits per heavy atom. The van der Waals surface area contributed by atoms with E-state index in [2.05, 4.69) is 5.32 Å². The van der Waals surface area contributed by atoms with Crippen LogP contribution in [0.3, 0.4) is 0 Å². The molecule has 0 aliphatic heterocycles. The molecule has 0 aliphatic carbocycles. The highest BCUT2D eigenvalue weighted by molar-refractivity contribution is 7.89. The molecule has 1 aromatic rings. The number of hydrogen-bond donors (Lipinski definition) is 2. The highest BCUT2D eigenvalue weighted by Gasteiger charge is 2.18. The smallest absolute Gasteiger partial charge is 0.268 e. The van der Waals surface area contributed by atoms with Crippen molar-refractivity contribution in [3.63, 3.8) is 0 Å². The molecule has 1 atom stereocenters. The fourth-order valence-corrected chi connectivity index (χ4v) is 2.13. The van der Waals surface area contributed by atoms with E-state index in [0.717, 1.165) is 0 Å². The minimum Gasteiger partial charge on any atom is -0.380 e. The van der Waals surface area contributed by atoms with Crippen LogP contribution >= 0.6 is 0 Å². The van der Waals surface area contributed by atoms with Crippen molar-refractivity contribution in [2.75, 3.05) is 13.2 Å². The number of aryl methyl sites for hydroxylation is 1. The lowest BCUT2D eigenvalue weighted by molar-refractivity contribution is 0.0864. The summed E-state index contributed by atoms with van der Waals surface area (Å²) in [5.41, 5.74) is 0.229. The molecular weight excluding hydrogens is 270 g/mol. The van der Waals surface area contributed by atoms with Crippen molar-refractivity contribution in [3.05, 3.63) is 18.0 Å². The van der Waals surface area contributed by atoms with E-state index in [-0.39, 0.29) is 22.5 Å². The number of aromatic nitrogens is 1. The zero-order valence-corrected chi connectivity index (χ0v) is 12.0. The van der Waals surface area contributed by atoms with E-state index < -0.39 is 10.0 Å².